The molecule has 6 heteroatoms. The van der Waals surface area contributed by atoms with Gasteiger partial charge in [0.05, 0.1) is 12.3 Å². The number of hydrogen-bond donors (Lipinski definition) is 1. The van der Waals surface area contributed by atoms with E-state index in [1.54, 1.807) is 18.4 Å². The molecule has 3 aromatic rings. The maximum Gasteiger partial charge on any atom is 0.222 e. The van der Waals surface area contributed by atoms with E-state index in [-0.39, 0.29) is 17.9 Å². The summed E-state index contributed by atoms with van der Waals surface area (Å²) in [6, 6.07) is 10.3. The predicted molar refractivity (Wildman–Crippen MR) is 74.2 cm³/mol. The summed E-state index contributed by atoms with van der Waals surface area (Å²) in [5.74, 6) is 1.30. The molecule has 106 valence electrons. The minimum Gasteiger partial charge on any atom is -0.467 e. The number of anilines is 1. The van der Waals surface area contributed by atoms with E-state index in [9.17, 15) is 4.39 Å². The second-order valence-electron chi connectivity index (χ2n) is 5.04. The van der Waals surface area contributed by atoms with Gasteiger partial charge in [-0.05, 0) is 29.8 Å². The maximum absolute atomic E-state index is 13.1. The lowest BCUT2D eigenvalue weighted by molar-refractivity contribution is 0.358. The van der Waals surface area contributed by atoms with Crippen molar-refractivity contribution in [2.24, 2.45) is 0 Å². The lowest BCUT2D eigenvalue weighted by Crippen LogP contribution is -2.27. The van der Waals surface area contributed by atoms with Gasteiger partial charge in [-0.15, -0.1) is 0 Å². The van der Waals surface area contributed by atoms with Crippen molar-refractivity contribution in [3.8, 4) is 0 Å². The number of nitrogens with zero attached hydrogens (tertiary/aromatic N) is 3. The van der Waals surface area contributed by atoms with Crippen LogP contribution in [0.3, 0.4) is 0 Å². The molecular formula is C15H13FN4O. The molecule has 0 bridgehead atoms. The van der Waals surface area contributed by atoms with E-state index in [2.05, 4.69) is 15.4 Å². The Balaban J connectivity index is 1.72. The fraction of sp³-hybridized carbons (Fsp3) is 0.200. The van der Waals surface area contributed by atoms with Crippen molar-refractivity contribution in [1.82, 2.24) is 14.8 Å². The Bertz CT molecular complexity index is 735. The molecule has 1 N–H and O–H groups in total. The third kappa shape index (κ3) is 2.08. The maximum atomic E-state index is 13.1. The number of aromatic nitrogens is 3. The first kappa shape index (κ1) is 12.1. The standard InChI is InChI=1S/C15H13FN4O/c16-11-5-3-10(4-6-11)12-8-13(14-2-1-7-21-14)20-15(19-12)17-9-18-20/h1-7,9,12-13H,8H2,(H,17,18,19)/t12-,13+/m0/s1. The van der Waals surface area contributed by atoms with E-state index in [0.717, 1.165) is 17.7 Å². The van der Waals surface area contributed by atoms with Crippen molar-refractivity contribution in [2.75, 3.05) is 5.32 Å². The molecule has 2 aromatic heterocycles. The van der Waals surface area contributed by atoms with Gasteiger partial charge >= 0.3 is 0 Å². The Kier molecular flexibility index (Phi) is 2.73. The van der Waals surface area contributed by atoms with E-state index >= 15 is 0 Å². The van der Waals surface area contributed by atoms with Crippen LogP contribution in [0, 0.1) is 5.82 Å². The van der Waals surface area contributed by atoms with Crippen LogP contribution < -0.4 is 5.32 Å². The van der Waals surface area contributed by atoms with Gasteiger partial charge in [0.1, 0.15) is 23.9 Å². The first-order valence-electron chi connectivity index (χ1n) is 6.76. The van der Waals surface area contributed by atoms with Crippen LogP contribution in [-0.2, 0) is 0 Å². The summed E-state index contributed by atoms with van der Waals surface area (Å²) in [6.45, 7) is 0. The highest BCUT2D eigenvalue weighted by Crippen LogP contribution is 2.37. The van der Waals surface area contributed by atoms with Crippen molar-refractivity contribution >= 4 is 5.95 Å². The summed E-state index contributed by atoms with van der Waals surface area (Å²) < 4.78 is 20.4. The van der Waals surface area contributed by atoms with Crippen LogP contribution in [0.4, 0.5) is 10.3 Å². The summed E-state index contributed by atoms with van der Waals surface area (Å²) in [6.07, 6.45) is 3.93. The number of benzene rings is 1. The number of furan rings is 1. The number of nitrogens with one attached hydrogen (secondary N) is 1. The van der Waals surface area contributed by atoms with E-state index in [1.807, 2.05) is 16.8 Å². The van der Waals surface area contributed by atoms with Gasteiger partial charge in [-0.25, -0.2) is 9.07 Å². The van der Waals surface area contributed by atoms with Crippen LogP contribution in [0.15, 0.2) is 53.4 Å². The fourth-order valence-electron chi connectivity index (χ4n) is 2.75. The second-order valence-corrected chi connectivity index (χ2v) is 5.04. The molecule has 0 saturated carbocycles. The monoisotopic (exact) mass is 284 g/mol. The van der Waals surface area contributed by atoms with Gasteiger partial charge in [0.15, 0.2) is 0 Å². The summed E-state index contributed by atoms with van der Waals surface area (Å²) in [5.41, 5.74) is 1.02. The Hall–Kier alpha value is -2.63. The third-order valence-electron chi connectivity index (χ3n) is 3.77. The molecule has 3 heterocycles. The predicted octanol–water partition coefficient (Wildman–Crippen LogP) is 3.16. The molecule has 4 rings (SSSR count). The second kappa shape index (κ2) is 4.73. The van der Waals surface area contributed by atoms with Gasteiger partial charge in [0.2, 0.25) is 5.95 Å². The van der Waals surface area contributed by atoms with Crippen LogP contribution in [0.2, 0.25) is 0 Å². The molecule has 0 spiro atoms. The minimum atomic E-state index is -0.236. The molecule has 0 aliphatic carbocycles. The van der Waals surface area contributed by atoms with Gasteiger partial charge in [0, 0.05) is 6.42 Å². The number of rotatable bonds is 2. The van der Waals surface area contributed by atoms with Crippen LogP contribution in [-0.4, -0.2) is 14.8 Å². The van der Waals surface area contributed by atoms with Crippen LogP contribution in [0.1, 0.15) is 29.8 Å². The molecule has 0 saturated heterocycles. The topological polar surface area (TPSA) is 55.9 Å². The Labute approximate surface area is 120 Å². The molecule has 0 amide bonds. The largest absolute Gasteiger partial charge is 0.467 e. The first-order valence-corrected chi connectivity index (χ1v) is 6.76. The minimum absolute atomic E-state index is 0.0196. The summed E-state index contributed by atoms with van der Waals surface area (Å²) in [4.78, 5) is 4.24. The zero-order valence-corrected chi connectivity index (χ0v) is 11.1. The summed E-state index contributed by atoms with van der Waals surface area (Å²) in [5, 5.41) is 7.59. The highest BCUT2D eigenvalue weighted by atomic mass is 19.1. The van der Waals surface area contributed by atoms with Crippen molar-refractivity contribution < 1.29 is 8.81 Å². The zero-order valence-electron chi connectivity index (χ0n) is 11.1. The Morgan fingerprint density at radius 1 is 1.24 bits per heavy atom. The first-order chi connectivity index (χ1) is 10.3. The molecule has 1 aliphatic rings. The van der Waals surface area contributed by atoms with E-state index in [0.29, 0.717) is 5.95 Å². The average Bonchev–Trinajstić information content (AvgIpc) is 3.18. The Morgan fingerprint density at radius 3 is 2.86 bits per heavy atom. The van der Waals surface area contributed by atoms with Crippen molar-refractivity contribution in [3.63, 3.8) is 0 Å². The molecule has 1 aromatic carbocycles. The zero-order chi connectivity index (χ0) is 14.2. The molecule has 0 unspecified atom stereocenters. The van der Waals surface area contributed by atoms with Crippen molar-refractivity contribution in [3.05, 3.63) is 66.1 Å². The molecule has 2 atom stereocenters. The third-order valence-corrected chi connectivity index (χ3v) is 3.77. The lowest BCUT2D eigenvalue weighted by Gasteiger charge is -2.30. The van der Waals surface area contributed by atoms with Gasteiger partial charge in [-0.1, -0.05) is 12.1 Å². The summed E-state index contributed by atoms with van der Waals surface area (Å²) >= 11 is 0. The van der Waals surface area contributed by atoms with Crippen molar-refractivity contribution in [1.29, 1.82) is 0 Å². The van der Waals surface area contributed by atoms with Crippen LogP contribution >= 0.6 is 0 Å². The number of hydrogen-bond acceptors (Lipinski definition) is 4. The molecule has 5 nitrogen and oxygen atoms in total. The normalized spacial score (nSPS) is 20.8. The summed E-state index contributed by atoms with van der Waals surface area (Å²) in [7, 11) is 0. The van der Waals surface area contributed by atoms with Gasteiger partial charge < -0.3 is 9.73 Å². The number of fused-ring (bicyclic) bond motifs is 1. The van der Waals surface area contributed by atoms with Gasteiger partial charge in [-0.2, -0.15) is 10.1 Å². The van der Waals surface area contributed by atoms with Gasteiger partial charge in [0.25, 0.3) is 0 Å². The molecule has 21 heavy (non-hydrogen) atoms. The van der Waals surface area contributed by atoms with Crippen molar-refractivity contribution in [2.45, 2.75) is 18.5 Å². The quantitative estimate of drug-likeness (QED) is 0.785. The Morgan fingerprint density at radius 2 is 2.10 bits per heavy atom. The fourth-order valence-corrected chi connectivity index (χ4v) is 2.75. The van der Waals surface area contributed by atoms with E-state index in [1.165, 1.54) is 18.5 Å². The van der Waals surface area contributed by atoms with Gasteiger partial charge in [-0.3, -0.25) is 0 Å². The highest BCUT2D eigenvalue weighted by Gasteiger charge is 2.31. The molecule has 0 fully saturated rings. The SMILES string of the molecule is Fc1ccc([C@@H]2C[C@H](c3ccco3)n3ncnc3N2)cc1. The van der Waals surface area contributed by atoms with E-state index < -0.39 is 0 Å². The molecule has 1 aliphatic heterocycles. The molecular weight excluding hydrogens is 271 g/mol. The smallest absolute Gasteiger partial charge is 0.222 e. The van der Waals surface area contributed by atoms with Crippen LogP contribution in [0.25, 0.3) is 0 Å². The van der Waals surface area contributed by atoms with Crippen LogP contribution in [0.5, 0.6) is 0 Å². The number of halogens is 1. The highest BCUT2D eigenvalue weighted by molar-refractivity contribution is 5.36. The lowest BCUT2D eigenvalue weighted by atomic mass is 9.96. The van der Waals surface area contributed by atoms with E-state index in [4.69, 9.17) is 4.42 Å². The molecule has 0 radical (unpaired) electrons. The average molecular weight is 284 g/mol.